The molecule has 0 aromatic carbocycles. The number of rotatable bonds is 5. The Hall–Kier alpha value is -1.56. The highest BCUT2D eigenvalue weighted by atomic mass is 16.3. The van der Waals surface area contributed by atoms with Crippen molar-refractivity contribution in [3.63, 3.8) is 0 Å². The number of amides is 1. The van der Waals surface area contributed by atoms with Crippen LogP contribution in [0.15, 0.2) is 0 Å². The lowest BCUT2D eigenvalue weighted by Gasteiger charge is -2.25. The number of aryl methyl sites for hydroxylation is 1. The Kier molecular flexibility index (Phi) is 4.34. The zero-order chi connectivity index (χ0) is 13.9. The van der Waals surface area contributed by atoms with Crippen molar-refractivity contribution in [1.29, 1.82) is 0 Å². The third-order valence-corrected chi connectivity index (χ3v) is 2.95. The summed E-state index contributed by atoms with van der Waals surface area (Å²) >= 11 is 0. The van der Waals surface area contributed by atoms with Crippen molar-refractivity contribution in [1.82, 2.24) is 15.1 Å². The third-order valence-electron chi connectivity index (χ3n) is 2.95. The minimum atomic E-state index is -0.423. The summed E-state index contributed by atoms with van der Waals surface area (Å²) in [5.74, 6) is -0.140. The fraction of sp³-hybridized carbons (Fsp3) is 0.667. The smallest absolute Gasteiger partial charge is 0.242 e. The van der Waals surface area contributed by atoms with Crippen molar-refractivity contribution in [3.05, 3.63) is 11.4 Å². The van der Waals surface area contributed by atoms with E-state index in [0.717, 1.165) is 11.4 Å². The van der Waals surface area contributed by atoms with Crippen LogP contribution in [0.1, 0.15) is 31.7 Å². The summed E-state index contributed by atoms with van der Waals surface area (Å²) in [4.78, 5) is 11.9. The fourth-order valence-corrected chi connectivity index (χ4v) is 1.76. The van der Waals surface area contributed by atoms with E-state index in [9.17, 15) is 4.79 Å². The average molecular weight is 254 g/mol. The van der Waals surface area contributed by atoms with Crippen LogP contribution in [-0.2, 0) is 11.3 Å². The van der Waals surface area contributed by atoms with E-state index in [1.807, 2.05) is 27.7 Å². The van der Waals surface area contributed by atoms with Gasteiger partial charge in [-0.25, -0.2) is 0 Å². The van der Waals surface area contributed by atoms with Gasteiger partial charge in [0.15, 0.2) is 0 Å². The Bertz CT molecular complexity index is 438. The highest BCUT2D eigenvalue weighted by Crippen LogP contribution is 2.14. The minimum Gasteiger partial charge on any atom is -0.396 e. The van der Waals surface area contributed by atoms with Crippen LogP contribution in [0.3, 0.4) is 0 Å². The maximum atomic E-state index is 11.9. The van der Waals surface area contributed by atoms with Gasteiger partial charge in [0.2, 0.25) is 5.91 Å². The first kappa shape index (κ1) is 14.5. The number of aliphatic hydroxyl groups is 1. The second kappa shape index (κ2) is 5.39. The van der Waals surface area contributed by atoms with Crippen LogP contribution >= 0.6 is 0 Å². The molecule has 4 N–H and O–H groups in total. The van der Waals surface area contributed by atoms with Crippen molar-refractivity contribution in [2.75, 3.05) is 12.3 Å². The first-order valence-electron chi connectivity index (χ1n) is 5.98. The number of hydrogen-bond acceptors (Lipinski definition) is 4. The van der Waals surface area contributed by atoms with Gasteiger partial charge in [-0.2, -0.15) is 5.10 Å². The van der Waals surface area contributed by atoms with Gasteiger partial charge in [0.25, 0.3) is 0 Å². The largest absolute Gasteiger partial charge is 0.396 e. The zero-order valence-corrected chi connectivity index (χ0v) is 11.4. The van der Waals surface area contributed by atoms with E-state index < -0.39 is 5.54 Å². The molecular weight excluding hydrogens is 232 g/mol. The first-order valence-corrected chi connectivity index (χ1v) is 5.98. The highest BCUT2D eigenvalue weighted by molar-refractivity contribution is 5.76. The number of nitrogen functional groups attached to an aromatic ring is 1. The number of anilines is 1. The van der Waals surface area contributed by atoms with Crippen LogP contribution in [0.2, 0.25) is 0 Å². The number of nitrogens with one attached hydrogen (secondary N) is 1. The quantitative estimate of drug-likeness (QED) is 0.707. The molecule has 1 heterocycles. The van der Waals surface area contributed by atoms with Gasteiger partial charge >= 0.3 is 0 Å². The van der Waals surface area contributed by atoms with Crippen LogP contribution in [0.25, 0.3) is 0 Å². The molecule has 0 atom stereocenters. The Labute approximate surface area is 107 Å². The van der Waals surface area contributed by atoms with E-state index in [1.165, 1.54) is 0 Å². The van der Waals surface area contributed by atoms with E-state index in [-0.39, 0.29) is 19.1 Å². The normalized spacial score (nSPS) is 11.6. The van der Waals surface area contributed by atoms with Gasteiger partial charge in [0.05, 0.1) is 17.1 Å². The molecule has 0 aliphatic rings. The number of nitrogens with two attached hydrogens (primary N) is 1. The molecule has 0 radical (unpaired) electrons. The number of carbonyl (C=O) groups excluding carboxylic acids is 1. The fourth-order valence-electron chi connectivity index (χ4n) is 1.76. The molecule has 102 valence electrons. The summed E-state index contributed by atoms with van der Waals surface area (Å²) in [5.41, 5.74) is 7.53. The van der Waals surface area contributed by atoms with E-state index in [2.05, 4.69) is 10.4 Å². The number of nitrogens with zero attached hydrogens (tertiary/aromatic N) is 2. The predicted molar refractivity (Wildman–Crippen MR) is 70.0 cm³/mol. The molecule has 1 aromatic heterocycles. The van der Waals surface area contributed by atoms with Crippen LogP contribution in [0.4, 0.5) is 5.69 Å². The topological polar surface area (TPSA) is 93.2 Å². The van der Waals surface area contributed by atoms with E-state index in [1.54, 1.807) is 4.68 Å². The van der Waals surface area contributed by atoms with Crippen molar-refractivity contribution >= 4 is 11.6 Å². The molecule has 0 unspecified atom stereocenters. The highest BCUT2D eigenvalue weighted by Gasteiger charge is 2.20. The van der Waals surface area contributed by atoms with E-state index in [0.29, 0.717) is 12.1 Å². The lowest BCUT2D eigenvalue weighted by molar-refractivity contribution is -0.123. The van der Waals surface area contributed by atoms with E-state index >= 15 is 0 Å². The predicted octanol–water partition coefficient (Wildman–Crippen LogP) is 0.359. The Morgan fingerprint density at radius 1 is 1.50 bits per heavy atom. The summed E-state index contributed by atoms with van der Waals surface area (Å²) in [5, 5.41) is 16.0. The van der Waals surface area contributed by atoms with Crippen molar-refractivity contribution < 1.29 is 9.90 Å². The summed E-state index contributed by atoms with van der Waals surface area (Å²) in [6, 6.07) is 0. The number of hydrogen-bond donors (Lipinski definition) is 3. The molecule has 18 heavy (non-hydrogen) atoms. The Balaban J connectivity index is 2.68. The molecule has 0 spiro atoms. The van der Waals surface area contributed by atoms with Crippen LogP contribution in [-0.4, -0.2) is 32.9 Å². The van der Waals surface area contributed by atoms with Crippen LogP contribution < -0.4 is 11.1 Å². The van der Waals surface area contributed by atoms with Gasteiger partial charge in [-0.3, -0.25) is 9.48 Å². The Morgan fingerprint density at radius 3 is 2.56 bits per heavy atom. The van der Waals surface area contributed by atoms with Gasteiger partial charge in [0, 0.05) is 12.1 Å². The molecule has 0 aliphatic carbocycles. The molecular formula is C12H22N4O2. The van der Waals surface area contributed by atoms with Crippen LogP contribution in [0.5, 0.6) is 0 Å². The first-order chi connectivity index (χ1) is 8.26. The lowest BCUT2D eigenvalue weighted by Crippen LogP contribution is -2.45. The Morgan fingerprint density at radius 2 is 2.11 bits per heavy atom. The van der Waals surface area contributed by atoms with Gasteiger partial charge in [-0.05, 0) is 34.1 Å². The summed E-state index contributed by atoms with van der Waals surface area (Å²) in [6.45, 7) is 7.57. The molecule has 0 aliphatic heterocycles. The van der Waals surface area contributed by atoms with Gasteiger partial charge in [-0.1, -0.05) is 0 Å². The van der Waals surface area contributed by atoms with Gasteiger partial charge < -0.3 is 16.2 Å². The molecule has 1 amide bonds. The third kappa shape index (κ3) is 3.46. The molecule has 1 rings (SSSR count). The zero-order valence-electron chi connectivity index (χ0n) is 11.4. The second-order valence-corrected chi connectivity index (χ2v) is 5.15. The molecule has 6 nitrogen and oxygen atoms in total. The maximum absolute atomic E-state index is 11.9. The number of aliphatic hydroxyl groups excluding tert-OH is 1. The molecule has 0 saturated heterocycles. The SMILES string of the molecule is Cc1nn(CC(=O)NC(C)(C)CCO)c(C)c1N. The summed E-state index contributed by atoms with van der Waals surface area (Å²) in [6.07, 6.45) is 0.512. The molecule has 0 bridgehead atoms. The molecule has 0 saturated carbocycles. The molecule has 6 heteroatoms. The van der Waals surface area contributed by atoms with Gasteiger partial charge in [-0.15, -0.1) is 0 Å². The summed E-state index contributed by atoms with van der Waals surface area (Å²) < 4.78 is 1.59. The van der Waals surface area contributed by atoms with Crippen molar-refractivity contribution in [3.8, 4) is 0 Å². The number of aromatic nitrogens is 2. The van der Waals surface area contributed by atoms with Crippen molar-refractivity contribution in [2.24, 2.45) is 0 Å². The van der Waals surface area contributed by atoms with Crippen molar-refractivity contribution in [2.45, 2.75) is 46.2 Å². The number of carbonyl (C=O) groups is 1. The lowest BCUT2D eigenvalue weighted by atomic mass is 10.0. The standard InChI is InChI=1S/C12H22N4O2/c1-8-11(13)9(2)16(15-8)7-10(18)14-12(3,4)5-6-17/h17H,5-7,13H2,1-4H3,(H,14,18). The van der Waals surface area contributed by atoms with Crippen LogP contribution in [0, 0.1) is 13.8 Å². The monoisotopic (exact) mass is 254 g/mol. The van der Waals surface area contributed by atoms with Gasteiger partial charge in [0.1, 0.15) is 6.54 Å². The molecule has 1 aromatic rings. The second-order valence-electron chi connectivity index (χ2n) is 5.15. The molecule has 0 fully saturated rings. The summed E-state index contributed by atoms with van der Waals surface area (Å²) in [7, 11) is 0. The van der Waals surface area contributed by atoms with E-state index in [4.69, 9.17) is 10.8 Å². The maximum Gasteiger partial charge on any atom is 0.242 e. The minimum absolute atomic E-state index is 0.0418. The average Bonchev–Trinajstić information content (AvgIpc) is 2.45.